The molecule has 5 nitrogen and oxygen atoms in total. The minimum Gasteiger partial charge on any atom is -0.356 e. The molecule has 150 valence electrons. The van der Waals surface area contributed by atoms with E-state index >= 15 is 0 Å². The molecule has 0 bridgehead atoms. The normalized spacial score (nSPS) is 19.4. The predicted molar refractivity (Wildman–Crippen MR) is 121 cm³/mol. The topological polar surface area (TPSA) is 42.9 Å². The molecule has 1 unspecified atom stereocenters. The fraction of sp³-hybridized carbons (Fsp3) is 0.947. The Hall–Kier alpha value is -0.0800. The second-order valence-electron chi connectivity index (χ2n) is 7.56. The molecule has 0 aromatic rings. The van der Waals surface area contributed by atoms with Crippen molar-refractivity contribution in [3.05, 3.63) is 0 Å². The maximum absolute atomic E-state index is 4.37. The number of likely N-dealkylation sites (tertiary alicyclic amines) is 1. The van der Waals surface area contributed by atoms with Gasteiger partial charge in [-0.3, -0.25) is 9.89 Å². The summed E-state index contributed by atoms with van der Waals surface area (Å²) in [5.74, 6) is 1.69. The third-order valence-electron chi connectivity index (χ3n) is 5.04. The van der Waals surface area contributed by atoms with E-state index in [4.69, 9.17) is 0 Å². The molecule has 0 saturated carbocycles. The Bertz CT molecular complexity index is 352. The number of rotatable bonds is 9. The van der Waals surface area contributed by atoms with Crippen molar-refractivity contribution in [2.75, 3.05) is 46.3 Å². The highest BCUT2D eigenvalue weighted by atomic mass is 127. The molecule has 0 spiro atoms. The highest BCUT2D eigenvalue weighted by Gasteiger charge is 2.18. The van der Waals surface area contributed by atoms with Gasteiger partial charge < -0.3 is 15.5 Å². The standard InChI is InChI=1S/C19H41N5.HI/c1-7-23-12-8-10-18(15-23)14-22-19(20-6)21-11-9-13-24(16(2)3)17(4)5;/h16-18H,7-15H2,1-6H3,(H2,20,21,22);1H. The van der Waals surface area contributed by atoms with Crippen molar-refractivity contribution >= 4 is 29.9 Å². The first kappa shape index (κ1) is 24.9. The number of halogens is 1. The highest BCUT2D eigenvalue weighted by molar-refractivity contribution is 14.0. The quantitative estimate of drug-likeness (QED) is 0.237. The van der Waals surface area contributed by atoms with E-state index in [1.807, 2.05) is 7.05 Å². The molecule has 25 heavy (non-hydrogen) atoms. The monoisotopic (exact) mass is 467 g/mol. The Morgan fingerprint density at radius 1 is 1.20 bits per heavy atom. The van der Waals surface area contributed by atoms with Crippen LogP contribution in [0.4, 0.5) is 0 Å². The Labute approximate surface area is 173 Å². The number of hydrogen-bond acceptors (Lipinski definition) is 3. The summed E-state index contributed by atoms with van der Waals surface area (Å²) < 4.78 is 0. The van der Waals surface area contributed by atoms with Gasteiger partial charge in [0.05, 0.1) is 0 Å². The fourth-order valence-corrected chi connectivity index (χ4v) is 3.65. The van der Waals surface area contributed by atoms with Gasteiger partial charge >= 0.3 is 0 Å². The van der Waals surface area contributed by atoms with E-state index in [-0.39, 0.29) is 24.0 Å². The molecule has 1 aliphatic rings. The Kier molecular flexibility index (Phi) is 14.0. The number of nitrogens with one attached hydrogen (secondary N) is 2. The second-order valence-corrected chi connectivity index (χ2v) is 7.56. The summed E-state index contributed by atoms with van der Waals surface area (Å²) in [5, 5.41) is 6.98. The summed E-state index contributed by atoms with van der Waals surface area (Å²) in [6.45, 7) is 18.2. The molecular weight excluding hydrogens is 425 g/mol. The number of hydrogen-bond donors (Lipinski definition) is 2. The number of guanidine groups is 1. The highest BCUT2D eigenvalue weighted by Crippen LogP contribution is 2.15. The molecular formula is C19H42IN5. The first-order valence-electron chi connectivity index (χ1n) is 9.90. The SMILES string of the molecule is CCN1CCCC(CNC(=NC)NCCCN(C(C)C)C(C)C)C1.I. The zero-order chi connectivity index (χ0) is 17.9. The molecule has 1 aliphatic heterocycles. The molecule has 1 atom stereocenters. The molecule has 1 saturated heterocycles. The van der Waals surface area contributed by atoms with Crippen molar-refractivity contribution in [1.29, 1.82) is 0 Å². The van der Waals surface area contributed by atoms with Crippen LogP contribution in [0.3, 0.4) is 0 Å². The lowest BCUT2D eigenvalue weighted by atomic mass is 9.98. The molecule has 0 radical (unpaired) electrons. The van der Waals surface area contributed by atoms with Gasteiger partial charge in [0.15, 0.2) is 5.96 Å². The van der Waals surface area contributed by atoms with Gasteiger partial charge in [-0.15, -0.1) is 24.0 Å². The number of piperidine rings is 1. The predicted octanol–water partition coefficient (Wildman–Crippen LogP) is 3.01. The van der Waals surface area contributed by atoms with Gasteiger partial charge in [0.2, 0.25) is 0 Å². The van der Waals surface area contributed by atoms with Crippen molar-refractivity contribution in [3.63, 3.8) is 0 Å². The zero-order valence-electron chi connectivity index (χ0n) is 17.3. The Morgan fingerprint density at radius 3 is 2.44 bits per heavy atom. The van der Waals surface area contributed by atoms with Crippen molar-refractivity contribution in [2.24, 2.45) is 10.9 Å². The van der Waals surface area contributed by atoms with Crippen LogP contribution in [0.5, 0.6) is 0 Å². The fourth-order valence-electron chi connectivity index (χ4n) is 3.65. The van der Waals surface area contributed by atoms with Crippen LogP contribution in [0, 0.1) is 5.92 Å². The molecule has 0 aliphatic carbocycles. The van der Waals surface area contributed by atoms with Gasteiger partial charge in [0, 0.05) is 45.3 Å². The van der Waals surface area contributed by atoms with Gasteiger partial charge in [-0.05, 0) is 66.0 Å². The van der Waals surface area contributed by atoms with Crippen LogP contribution in [0.1, 0.15) is 53.9 Å². The third kappa shape index (κ3) is 9.99. The largest absolute Gasteiger partial charge is 0.356 e. The van der Waals surface area contributed by atoms with Crippen LogP contribution < -0.4 is 10.6 Å². The summed E-state index contributed by atoms with van der Waals surface area (Å²) in [4.78, 5) is 9.46. The minimum absolute atomic E-state index is 0. The van der Waals surface area contributed by atoms with Gasteiger partial charge in [0.25, 0.3) is 0 Å². The third-order valence-corrected chi connectivity index (χ3v) is 5.04. The van der Waals surface area contributed by atoms with Crippen LogP contribution in [0.15, 0.2) is 4.99 Å². The molecule has 0 aromatic heterocycles. The summed E-state index contributed by atoms with van der Waals surface area (Å²) in [5.41, 5.74) is 0. The molecule has 0 amide bonds. The van der Waals surface area contributed by atoms with Crippen LogP contribution in [-0.4, -0.2) is 74.2 Å². The van der Waals surface area contributed by atoms with E-state index in [1.165, 1.54) is 32.5 Å². The molecule has 0 aromatic carbocycles. The lowest BCUT2D eigenvalue weighted by Crippen LogP contribution is -2.45. The Morgan fingerprint density at radius 2 is 1.88 bits per heavy atom. The summed E-state index contributed by atoms with van der Waals surface area (Å²) in [6.07, 6.45) is 3.80. The average molecular weight is 467 g/mol. The summed E-state index contributed by atoms with van der Waals surface area (Å²) in [7, 11) is 1.86. The number of aliphatic imine (C=N–C) groups is 1. The lowest BCUT2D eigenvalue weighted by Gasteiger charge is -2.32. The zero-order valence-corrected chi connectivity index (χ0v) is 19.7. The van der Waals surface area contributed by atoms with Crippen LogP contribution >= 0.6 is 24.0 Å². The molecule has 1 heterocycles. The first-order chi connectivity index (χ1) is 11.5. The van der Waals surface area contributed by atoms with Gasteiger partial charge in [-0.25, -0.2) is 0 Å². The molecule has 6 heteroatoms. The summed E-state index contributed by atoms with van der Waals surface area (Å²) >= 11 is 0. The van der Waals surface area contributed by atoms with Crippen LogP contribution in [-0.2, 0) is 0 Å². The van der Waals surface area contributed by atoms with Crippen molar-refractivity contribution < 1.29 is 0 Å². The van der Waals surface area contributed by atoms with E-state index in [0.29, 0.717) is 12.1 Å². The number of nitrogens with zero attached hydrogens (tertiary/aromatic N) is 3. The Balaban J connectivity index is 0.00000576. The maximum atomic E-state index is 4.37. The minimum atomic E-state index is 0. The molecule has 1 fully saturated rings. The van der Waals surface area contributed by atoms with E-state index in [2.05, 4.69) is 60.0 Å². The van der Waals surface area contributed by atoms with Crippen molar-refractivity contribution in [1.82, 2.24) is 20.4 Å². The first-order valence-corrected chi connectivity index (χ1v) is 9.90. The van der Waals surface area contributed by atoms with Gasteiger partial charge in [-0.2, -0.15) is 0 Å². The van der Waals surface area contributed by atoms with Crippen LogP contribution in [0.25, 0.3) is 0 Å². The van der Waals surface area contributed by atoms with Crippen molar-refractivity contribution in [3.8, 4) is 0 Å². The van der Waals surface area contributed by atoms with E-state index in [0.717, 1.165) is 37.9 Å². The van der Waals surface area contributed by atoms with Crippen molar-refractivity contribution in [2.45, 2.75) is 66.0 Å². The second kappa shape index (κ2) is 14.0. The van der Waals surface area contributed by atoms with E-state index in [1.54, 1.807) is 0 Å². The maximum Gasteiger partial charge on any atom is 0.190 e. The molecule has 2 N–H and O–H groups in total. The van der Waals surface area contributed by atoms with E-state index in [9.17, 15) is 0 Å². The smallest absolute Gasteiger partial charge is 0.190 e. The average Bonchev–Trinajstić information content (AvgIpc) is 2.56. The lowest BCUT2D eigenvalue weighted by molar-refractivity contribution is 0.173. The van der Waals surface area contributed by atoms with Crippen LogP contribution in [0.2, 0.25) is 0 Å². The van der Waals surface area contributed by atoms with Gasteiger partial charge in [0.1, 0.15) is 0 Å². The van der Waals surface area contributed by atoms with E-state index < -0.39 is 0 Å². The summed E-state index contributed by atoms with van der Waals surface area (Å²) in [6, 6.07) is 1.21. The molecule has 1 rings (SSSR count). The van der Waals surface area contributed by atoms with Gasteiger partial charge in [-0.1, -0.05) is 6.92 Å².